The van der Waals surface area contributed by atoms with Crippen molar-refractivity contribution in [1.82, 2.24) is 5.32 Å². The van der Waals surface area contributed by atoms with E-state index in [2.05, 4.69) is 5.32 Å². The molecule has 0 fully saturated rings. The summed E-state index contributed by atoms with van der Waals surface area (Å²) >= 11 is 0. The van der Waals surface area contributed by atoms with E-state index in [1.807, 2.05) is 36.4 Å². The minimum Gasteiger partial charge on any atom is -0.493 e. The van der Waals surface area contributed by atoms with E-state index in [1.165, 1.54) is 21.3 Å². The van der Waals surface area contributed by atoms with Crippen LogP contribution < -0.4 is 24.3 Å². The van der Waals surface area contributed by atoms with E-state index in [0.29, 0.717) is 19.1 Å². The number of rotatable bonds is 14. The van der Waals surface area contributed by atoms with Crippen molar-refractivity contribution in [2.45, 2.75) is 32.0 Å². The second-order valence-electron chi connectivity index (χ2n) is 10.5. The third kappa shape index (κ3) is 11.8. The minimum absolute atomic E-state index is 0.0568. The predicted molar refractivity (Wildman–Crippen MR) is 173 cm³/mol. The van der Waals surface area contributed by atoms with Crippen LogP contribution in [0.25, 0.3) is 0 Å². The fourth-order valence-corrected chi connectivity index (χ4v) is 4.48. The molecule has 0 aromatic heterocycles. The number of benzene rings is 4. The fourth-order valence-electron chi connectivity index (χ4n) is 4.48. The number of carbonyl (C=O) groups excluding carboxylic acids is 1. The zero-order chi connectivity index (χ0) is 37.6. The van der Waals surface area contributed by atoms with Crippen LogP contribution >= 0.6 is 0 Å². The Kier molecular flexibility index (Phi) is 14.5. The number of hydrogen-bond acceptors (Lipinski definition) is 7. The van der Waals surface area contributed by atoms with Gasteiger partial charge < -0.3 is 34.1 Å². The van der Waals surface area contributed by atoms with Gasteiger partial charge in [0.2, 0.25) is 0 Å². The highest BCUT2D eigenvalue weighted by molar-refractivity contribution is 5.96. The first-order valence-electron chi connectivity index (χ1n) is 15.1. The molecule has 0 unspecified atom stereocenters. The molecule has 0 atom stereocenters. The molecular weight excluding hydrogens is 688 g/mol. The van der Waals surface area contributed by atoms with Crippen molar-refractivity contribution in [3.05, 3.63) is 118 Å². The SMILES string of the molecule is COCCCNC(=O)c1cc(OCc2ccccc2)c(OC)cc1C(F)(F)F.COc1cc(C(F)(F)F)c(C(=O)O)cc1OCc1ccccc1. The molecule has 0 bridgehead atoms. The van der Waals surface area contributed by atoms with Gasteiger partial charge >= 0.3 is 18.3 Å². The van der Waals surface area contributed by atoms with Crippen molar-refractivity contribution in [2.24, 2.45) is 0 Å². The number of carboxylic acid groups (broad SMARTS) is 1. The van der Waals surface area contributed by atoms with E-state index < -0.39 is 46.5 Å². The van der Waals surface area contributed by atoms with E-state index in [0.717, 1.165) is 29.3 Å². The van der Waals surface area contributed by atoms with Crippen molar-refractivity contribution in [1.29, 1.82) is 0 Å². The van der Waals surface area contributed by atoms with Gasteiger partial charge in [-0.2, -0.15) is 26.3 Å². The summed E-state index contributed by atoms with van der Waals surface area (Å²) in [5.41, 5.74) is -2.16. The zero-order valence-electron chi connectivity index (χ0n) is 27.7. The van der Waals surface area contributed by atoms with Gasteiger partial charge in [0.1, 0.15) is 13.2 Å². The number of nitrogens with one attached hydrogen (secondary N) is 1. The van der Waals surface area contributed by atoms with E-state index in [9.17, 15) is 35.9 Å². The van der Waals surface area contributed by atoms with Gasteiger partial charge in [-0.25, -0.2) is 4.79 Å². The highest BCUT2D eigenvalue weighted by Crippen LogP contribution is 2.41. The van der Waals surface area contributed by atoms with Gasteiger partial charge in [0.25, 0.3) is 5.91 Å². The first kappa shape index (κ1) is 40.0. The van der Waals surface area contributed by atoms with E-state index in [4.69, 9.17) is 28.8 Å². The second kappa shape index (κ2) is 18.5. The zero-order valence-corrected chi connectivity index (χ0v) is 27.7. The Morgan fingerprint density at radius 3 is 1.47 bits per heavy atom. The number of halogens is 6. The number of aromatic carboxylic acids is 1. The monoisotopic (exact) mass is 723 g/mol. The van der Waals surface area contributed by atoms with Crippen molar-refractivity contribution < 1.29 is 64.7 Å². The molecule has 2 N–H and O–H groups in total. The van der Waals surface area contributed by atoms with Crippen molar-refractivity contribution >= 4 is 11.9 Å². The summed E-state index contributed by atoms with van der Waals surface area (Å²) in [6, 6.07) is 21.3. The topological polar surface area (TPSA) is 113 Å². The molecule has 274 valence electrons. The summed E-state index contributed by atoms with van der Waals surface area (Å²) in [6.45, 7) is 0.774. The molecule has 0 heterocycles. The van der Waals surface area contributed by atoms with Crippen LogP contribution in [-0.4, -0.2) is 51.5 Å². The highest BCUT2D eigenvalue weighted by atomic mass is 19.4. The molecule has 4 aromatic carbocycles. The van der Waals surface area contributed by atoms with Crippen molar-refractivity contribution in [2.75, 3.05) is 34.5 Å². The van der Waals surface area contributed by atoms with Crippen LogP contribution in [0.3, 0.4) is 0 Å². The van der Waals surface area contributed by atoms with Gasteiger partial charge in [-0.05, 0) is 41.8 Å². The number of carboxylic acids is 1. The molecule has 0 aliphatic carbocycles. The quantitative estimate of drug-likeness (QED) is 0.0994. The molecule has 1 amide bonds. The molecule has 0 radical (unpaired) electrons. The lowest BCUT2D eigenvalue weighted by Gasteiger charge is -2.18. The summed E-state index contributed by atoms with van der Waals surface area (Å²) in [6.07, 6.45) is -9.04. The van der Waals surface area contributed by atoms with Crippen LogP contribution in [0.5, 0.6) is 23.0 Å². The number of carbonyl (C=O) groups is 2. The largest absolute Gasteiger partial charge is 0.493 e. The van der Waals surface area contributed by atoms with Crippen LogP contribution in [0, 0.1) is 0 Å². The summed E-state index contributed by atoms with van der Waals surface area (Å²) in [5.74, 6) is -2.82. The van der Waals surface area contributed by atoms with E-state index in [1.54, 1.807) is 24.3 Å². The average Bonchev–Trinajstić information content (AvgIpc) is 3.11. The summed E-state index contributed by atoms with van der Waals surface area (Å²) in [5, 5.41) is 11.5. The Morgan fingerprint density at radius 2 is 1.08 bits per heavy atom. The lowest BCUT2D eigenvalue weighted by atomic mass is 10.0. The molecule has 4 rings (SSSR count). The standard InChI is InChI=1S/C20H22F3NO4.C16H13F3O4/c1-26-10-6-9-24-19(25)15-11-18(28-13-14-7-4-3-5-8-14)17(27-2)12-16(15)20(21,22)23;1-22-13-8-12(16(17,18)19)11(15(20)21)7-14(13)23-9-10-5-3-2-4-6-10/h3-5,7-8,11-12H,6,9-10,13H2,1-2H3,(H,24,25);2-8H,9H2,1H3,(H,20,21). The first-order valence-corrected chi connectivity index (χ1v) is 15.1. The maximum Gasteiger partial charge on any atom is 0.417 e. The Morgan fingerprint density at radius 1 is 0.647 bits per heavy atom. The van der Waals surface area contributed by atoms with Gasteiger partial charge in [0.05, 0.1) is 36.5 Å². The molecule has 0 saturated carbocycles. The van der Waals surface area contributed by atoms with Gasteiger partial charge in [0.15, 0.2) is 23.0 Å². The first-order chi connectivity index (χ1) is 24.2. The Balaban J connectivity index is 0.000000281. The Bertz CT molecular complexity index is 1730. The molecule has 0 saturated heterocycles. The van der Waals surface area contributed by atoms with Gasteiger partial charge in [-0.3, -0.25) is 4.79 Å². The van der Waals surface area contributed by atoms with Crippen molar-refractivity contribution in [3.8, 4) is 23.0 Å². The fraction of sp³-hybridized carbons (Fsp3) is 0.278. The van der Waals surface area contributed by atoms with Gasteiger partial charge in [-0.1, -0.05) is 60.7 Å². The molecule has 0 spiro atoms. The number of ether oxygens (including phenoxy) is 5. The lowest BCUT2D eigenvalue weighted by Crippen LogP contribution is -2.28. The summed E-state index contributed by atoms with van der Waals surface area (Å²) in [4.78, 5) is 23.5. The molecule has 51 heavy (non-hydrogen) atoms. The number of methoxy groups -OCH3 is 3. The molecule has 0 aliphatic heterocycles. The molecule has 15 heteroatoms. The molecule has 4 aromatic rings. The number of hydrogen-bond donors (Lipinski definition) is 2. The van der Waals surface area contributed by atoms with E-state index in [-0.39, 0.29) is 42.8 Å². The van der Waals surface area contributed by atoms with Crippen LogP contribution in [0.15, 0.2) is 84.9 Å². The average molecular weight is 724 g/mol. The van der Waals surface area contributed by atoms with E-state index >= 15 is 0 Å². The minimum atomic E-state index is -4.81. The second-order valence-corrected chi connectivity index (χ2v) is 10.5. The molecule has 9 nitrogen and oxygen atoms in total. The van der Waals surface area contributed by atoms with Crippen LogP contribution in [0.4, 0.5) is 26.3 Å². The van der Waals surface area contributed by atoms with Crippen LogP contribution in [0.1, 0.15) is 49.4 Å². The smallest absolute Gasteiger partial charge is 0.417 e. The number of amides is 1. The van der Waals surface area contributed by atoms with Gasteiger partial charge in [-0.15, -0.1) is 0 Å². The number of alkyl halides is 6. The Hall–Kier alpha value is -5.44. The lowest BCUT2D eigenvalue weighted by molar-refractivity contribution is -0.138. The molecule has 0 aliphatic rings. The third-order valence-corrected chi connectivity index (χ3v) is 6.98. The normalized spacial score (nSPS) is 11.2. The summed E-state index contributed by atoms with van der Waals surface area (Å²) in [7, 11) is 3.93. The third-order valence-electron chi connectivity index (χ3n) is 6.98. The highest BCUT2D eigenvalue weighted by Gasteiger charge is 2.38. The van der Waals surface area contributed by atoms with Crippen LogP contribution in [-0.2, 0) is 30.3 Å². The predicted octanol–water partition coefficient (Wildman–Crippen LogP) is 8.05. The molecular formula is C36H35F6NO8. The maximum atomic E-state index is 13.5. The van der Waals surface area contributed by atoms with Gasteiger partial charge in [0, 0.05) is 20.3 Å². The van der Waals surface area contributed by atoms with Crippen molar-refractivity contribution in [3.63, 3.8) is 0 Å². The van der Waals surface area contributed by atoms with Crippen LogP contribution in [0.2, 0.25) is 0 Å². The summed E-state index contributed by atoms with van der Waals surface area (Å²) < 4.78 is 105. The Labute approximate surface area is 289 Å². The maximum absolute atomic E-state index is 13.5.